The number of aromatic hydroxyl groups is 6. The molecule has 0 heterocycles. The molecule has 1 aliphatic rings. The second-order valence-corrected chi connectivity index (χ2v) is 7.49. The number of terminal acetylenes is 1. The number of carbonyl (C=O) groups excluding carboxylic acids is 1. The molecule has 9 N–H and O–H groups in total. The summed E-state index contributed by atoms with van der Waals surface area (Å²) in [5.74, 6) is -7.37. The van der Waals surface area contributed by atoms with Crippen LogP contribution in [0, 0.1) is 12.5 Å². The van der Waals surface area contributed by atoms with Gasteiger partial charge in [-0.25, -0.2) is 14.7 Å². The third-order valence-electron chi connectivity index (χ3n) is 5.53. The van der Waals surface area contributed by atoms with E-state index < -0.39 is 87.1 Å². The van der Waals surface area contributed by atoms with Gasteiger partial charge in [-0.2, -0.15) is 0 Å². The Labute approximate surface area is 202 Å². The van der Waals surface area contributed by atoms with Crippen LogP contribution in [-0.2, 0) is 14.5 Å². The molecule has 1 saturated carbocycles. The zero-order chi connectivity index (χ0) is 26.7. The van der Waals surface area contributed by atoms with Crippen LogP contribution < -0.4 is 5.32 Å². The number of hydrogen-bond acceptors (Lipinski definition) is 13. The highest BCUT2D eigenvalue weighted by molar-refractivity contribution is 5.90. The Morgan fingerprint density at radius 1 is 1.00 bits per heavy atom. The number of aliphatic imine (C=N–C) groups is 1. The van der Waals surface area contributed by atoms with Gasteiger partial charge in [0, 0.05) is 35.1 Å². The molecule has 2 aromatic carbocycles. The number of nitrogens with one attached hydrogen (secondary N) is 1. The lowest BCUT2D eigenvalue weighted by atomic mass is 9.62. The zero-order valence-electron chi connectivity index (χ0n) is 18.5. The van der Waals surface area contributed by atoms with Crippen LogP contribution >= 0.6 is 0 Å². The van der Waals surface area contributed by atoms with Crippen LogP contribution in [0.4, 0.5) is 16.2 Å². The van der Waals surface area contributed by atoms with Gasteiger partial charge in [-0.1, -0.05) is 6.42 Å². The van der Waals surface area contributed by atoms with E-state index >= 15 is 0 Å². The molecule has 0 bridgehead atoms. The smallest absolute Gasteiger partial charge is 0.411 e. The summed E-state index contributed by atoms with van der Waals surface area (Å²) in [5.41, 5.74) is -1.93. The van der Waals surface area contributed by atoms with Crippen LogP contribution in [0.3, 0.4) is 0 Å². The van der Waals surface area contributed by atoms with Gasteiger partial charge < -0.3 is 45.6 Å². The number of amides is 1. The normalized spacial score (nSPS) is 20.8. The number of aliphatic hydroxyl groups excluding tert-OH is 2. The highest BCUT2D eigenvalue weighted by atomic mass is 17.2. The molecular weight excluding hydrogens is 484 g/mol. The van der Waals surface area contributed by atoms with Gasteiger partial charge >= 0.3 is 6.09 Å². The molecule has 1 fully saturated rings. The Kier molecular flexibility index (Phi) is 7.37. The summed E-state index contributed by atoms with van der Waals surface area (Å²) < 4.78 is 4.69. The molecule has 192 valence electrons. The largest absolute Gasteiger partial charge is 0.507 e. The molecule has 1 aliphatic carbocycles. The number of carbonyl (C=O) groups is 1. The molecule has 0 saturated heterocycles. The first-order valence-corrected chi connectivity index (χ1v) is 10.2. The van der Waals surface area contributed by atoms with E-state index in [1.807, 2.05) is 0 Å². The predicted molar refractivity (Wildman–Crippen MR) is 120 cm³/mol. The molecule has 2 unspecified atom stereocenters. The van der Waals surface area contributed by atoms with Crippen LogP contribution in [0.5, 0.6) is 34.5 Å². The van der Waals surface area contributed by atoms with Crippen molar-refractivity contribution in [2.24, 2.45) is 4.99 Å². The lowest BCUT2D eigenvalue weighted by Gasteiger charge is -2.47. The summed E-state index contributed by atoms with van der Waals surface area (Å²) in [7, 11) is 0. The molecule has 1 amide bonds. The molecule has 0 aliphatic heterocycles. The average Bonchev–Trinajstić information content (AvgIpc) is 2.81. The van der Waals surface area contributed by atoms with Gasteiger partial charge in [0.1, 0.15) is 34.4 Å². The topological polar surface area (TPSA) is 231 Å². The fraction of sp³-hybridized carbons (Fsp3) is 0.273. The number of aliphatic hydroxyl groups is 2. The first-order valence-electron chi connectivity index (χ1n) is 10.2. The molecule has 0 spiro atoms. The summed E-state index contributed by atoms with van der Waals surface area (Å²) >= 11 is 0. The maximum absolute atomic E-state index is 11.7. The van der Waals surface area contributed by atoms with E-state index in [9.17, 15) is 45.6 Å². The van der Waals surface area contributed by atoms with Crippen molar-refractivity contribution in [3.05, 3.63) is 23.3 Å². The van der Waals surface area contributed by atoms with Crippen molar-refractivity contribution in [3.8, 4) is 47.0 Å². The molecule has 2 atom stereocenters. The van der Waals surface area contributed by atoms with Crippen molar-refractivity contribution in [1.82, 2.24) is 0 Å². The van der Waals surface area contributed by atoms with E-state index in [1.165, 1.54) is 6.92 Å². The van der Waals surface area contributed by atoms with Gasteiger partial charge in [-0.05, 0) is 6.92 Å². The van der Waals surface area contributed by atoms with Gasteiger partial charge in [0.15, 0.2) is 17.5 Å². The molecule has 14 nitrogen and oxygen atoms in total. The van der Waals surface area contributed by atoms with E-state index in [0.717, 1.165) is 12.1 Å². The van der Waals surface area contributed by atoms with E-state index in [0.29, 0.717) is 6.40 Å². The Bertz CT molecular complexity index is 1230. The number of phenols is 6. The fourth-order valence-corrected chi connectivity index (χ4v) is 3.99. The van der Waals surface area contributed by atoms with Crippen molar-refractivity contribution in [1.29, 1.82) is 0 Å². The van der Waals surface area contributed by atoms with Crippen LogP contribution in [0.1, 0.15) is 29.9 Å². The number of phenolic OH excluding ortho intramolecular Hbond substituents is 6. The van der Waals surface area contributed by atoms with Gasteiger partial charge in [0.25, 0.3) is 0 Å². The summed E-state index contributed by atoms with van der Waals surface area (Å²) in [4.78, 5) is 23.8. The average molecular weight is 506 g/mol. The Balaban J connectivity index is 1.99. The monoisotopic (exact) mass is 506 g/mol. The predicted octanol–water partition coefficient (Wildman–Crippen LogP) is 1.29. The first kappa shape index (κ1) is 25.9. The number of ether oxygens (including phenoxy) is 1. The quantitative estimate of drug-likeness (QED) is 0.0378. The van der Waals surface area contributed by atoms with Crippen molar-refractivity contribution in [2.75, 3.05) is 11.9 Å². The van der Waals surface area contributed by atoms with E-state index in [2.05, 4.69) is 24.8 Å². The molecule has 0 radical (unpaired) electrons. The highest BCUT2D eigenvalue weighted by Crippen LogP contribution is 2.59. The number of rotatable bonds is 7. The van der Waals surface area contributed by atoms with Crippen molar-refractivity contribution >= 4 is 23.9 Å². The molecule has 36 heavy (non-hydrogen) atoms. The zero-order valence-corrected chi connectivity index (χ0v) is 18.5. The van der Waals surface area contributed by atoms with E-state index in [1.54, 1.807) is 6.11 Å². The SMILES string of the molecule is C#COOC=Nc1c(O)cc(O)c(C2C(O)C(c3c(O)cc(O)c(NC(=O)OCC)c3O)C2O)c1O. The number of anilines is 1. The maximum atomic E-state index is 11.7. The third kappa shape index (κ3) is 4.48. The molecule has 3 rings (SSSR count). The number of nitrogens with zero attached hydrogens (tertiary/aromatic N) is 1. The van der Waals surface area contributed by atoms with Crippen molar-refractivity contribution in [3.63, 3.8) is 0 Å². The Morgan fingerprint density at radius 2 is 1.56 bits per heavy atom. The van der Waals surface area contributed by atoms with Crippen molar-refractivity contribution in [2.45, 2.75) is 31.0 Å². The standard InChI is InChI=1S/C22H22N2O12/c1-3-34-22(33)24-17-11(28)6-9(26)13(21(17)32)15-18(29)14(19(15)30)12-8(25)5-10(27)16(20(12)31)23-7-36-35-4-2/h2,5-7,14-15,18-19,25-32H,3H2,1H3,(H,24,33). The van der Waals surface area contributed by atoms with E-state index in [-0.39, 0.29) is 6.61 Å². The van der Waals surface area contributed by atoms with Crippen molar-refractivity contribution < 1.29 is 60.2 Å². The van der Waals surface area contributed by atoms with E-state index in [4.69, 9.17) is 6.42 Å². The fourth-order valence-electron chi connectivity index (χ4n) is 3.99. The Morgan fingerprint density at radius 3 is 2.11 bits per heavy atom. The minimum atomic E-state index is -1.64. The molecule has 14 heteroatoms. The van der Waals surface area contributed by atoms with Crippen LogP contribution in [0.2, 0.25) is 0 Å². The lowest BCUT2D eigenvalue weighted by molar-refractivity contribution is -0.143. The van der Waals surface area contributed by atoms with Gasteiger partial charge in [0.05, 0.1) is 18.8 Å². The third-order valence-corrected chi connectivity index (χ3v) is 5.53. The van der Waals surface area contributed by atoms with Gasteiger partial charge in [0.2, 0.25) is 6.40 Å². The summed E-state index contributed by atoms with van der Waals surface area (Å²) in [6, 6.07) is 1.55. The minimum Gasteiger partial charge on any atom is -0.507 e. The summed E-state index contributed by atoms with van der Waals surface area (Å²) in [6.45, 7) is 1.50. The minimum absolute atomic E-state index is 0.0191. The highest BCUT2D eigenvalue weighted by Gasteiger charge is 2.54. The first-order chi connectivity index (χ1) is 17.0. The van der Waals surface area contributed by atoms with Crippen LogP contribution in [0.15, 0.2) is 17.1 Å². The second kappa shape index (κ2) is 10.3. The maximum Gasteiger partial charge on any atom is 0.411 e. The van der Waals surface area contributed by atoms with Crippen LogP contribution in [-0.4, -0.2) is 72.2 Å². The van der Waals surface area contributed by atoms with Gasteiger partial charge in [-0.3, -0.25) is 10.2 Å². The number of hydrogen-bond donors (Lipinski definition) is 9. The number of benzene rings is 2. The second-order valence-electron chi connectivity index (χ2n) is 7.49. The summed E-state index contributed by atoms with van der Waals surface area (Å²) in [6.07, 6.45) is 2.80. The Hall–Kier alpha value is -4.74. The lowest BCUT2D eigenvalue weighted by Crippen LogP contribution is -2.51. The molecular formula is C22H22N2O12. The molecule has 2 aromatic rings. The van der Waals surface area contributed by atoms with Crippen LogP contribution in [0.25, 0.3) is 0 Å². The molecule has 0 aromatic heterocycles. The van der Waals surface area contributed by atoms with Gasteiger partial charge in [-0.15, -0.1) is 0 Å². The summed E-state index contributed by atoms with van der Waals surface area (Å²) in [5, 5.41) is 85.6.